The lowest BCUT2D eigenvalue weighted by Gasteiger charge is -2.23. The Labute approximate surface area is 130 Å². The highest BCUT2D eigenvalue weighted by atomic mass is 19.2. The third kappa shape index (κ3) is 2.98. The zero-order valence-electron chi connectivity index (χ0n) is 12.0. The Morgan fingerprint density at radius 3 is 2.70 bits per heavy atom. The Morgan fingerprint density at radius 1 is 1.17 bits per heavy atom. The average molecular weight is 318 g/mol. The van der Waals surface area contributed by atoms with Gasteiger partial charge >= 0.3 is 0 Å². The third-order valence-electron chi connectivity index (χ3n) is 3.35. The van der Waals surface area contributed by atoms with Crippen molar-refractivity contribution in [2.24, 2.45) is 0 Å². The van der Waals surface area contributed by atoms with E-state index in [0.29, 0.717) is 17.1 Å². The van der Waals surface area contributed by atoms with Crippen molar-refractivity contribution in [1.29, 1.82) is 0 Å². The molecule has 0 radical (unpaired) electrons. The SMILES string of the molecule is C[C@@H]1Oc2ccc(NC(=O)c3ccc(F)c(F)c3)cc2NC1=O. The number of rotatable bonds is 2. The van der Waals surface area contributed by atoms with Crippen molar-refractivity contribution in [2.75, 3.05) is 10.6 Å². The topological polar surface area (TPSA) is 67.4 Å². The van der Waals surface area contributed by atoms with Crippen LogP contribution in [0.2, 0.25) is 0 Å². The third-order valence-corrected chi connectivity index (χ3v) is 3.35. The van der Waals surface area contributed by atoms with Gasteiger partial charge in [-0.1, -0.05) is 0 Å². The molecule has 2 aromatic carbocycles. The Bertz CT molecular complexity index is 808. The van der Waals surface area contributed by atoms with Crippen LogP contribution < -0.4 is 15.4 Å². The number of nitrogens with one attached hydrogen (secondary N) is 2. The molecule has 0 saturated heterocycles. The van der Waals surface area contributed by atoms with Gasteiger partial charge in [0.05, 0.1) is 5.69 Å². The van der Waals surface area contributed by atoms with Gasteiger partial charge < -0.3 is 15.4 Å². The lowest BCUT2D eigenvalue weighted by atomic mass is 10.1. The maximum absolute atomic E-state index is 13.2. The zero-order valence-corrected chi connectivity index (χ0v) is 12.0. The fraction of sp³-hybridized carbons (Fsp3) is 0.125. The quantitative estimate of drug-likeness (QED) is 0.894. The van der Waals surface area contributed by atoms with E-state index < -0.39 is 23.6 Å². The molecule has 0 aliphatic carbocycles. The van der Waals surface area contributed by atoms with Crippen LogP contribution in [0.25, 0.3) is 0 Å². The minimum atomic E-state index is -1.10. The van der Waals surface area contributed by atoms with Gasteiger partial charge in [-0.05, 0) is 43.3 Å². The molecule has 1 atom stereocenters. The Kier molecular flexibility index (Phi) is 3.69. The normalized spacial score (nSPS) is 16.1. The first-order chi connectivity index (χ1) is 10.9. The van der Waals surface area contributed by atoms with Crippen LogP contribution in [0.15, 0.2) is 36.4 Å². The molecule has 2 aromatic rings. The molecule has 0 spiro atoms. The summed E-state index contributed by atoms with van der Waals surface area (Å²) in [5, 5.41) is 5.20. The van der Waals surface area contributed by atoms with Crippen molar-refractivity contribution < 1.29 is 23.1 Å². The molecule has 118 valence electrons. The van der Waals surface area contributed by atoms with Crippen LogP contribution in [0.1, 0.15) is 17.3 Å². The summed E-state index contributed by atoms with van der Waals surface area (Å²) in [4.78, 5) is 23.6. The number of halogens is 2. The van der Waals surface area contributed by atoms with Crippen molar-refractivity contribution >= 4 is 23.2 Å². The van der Waals surface area contributed by atoms with Gasteiger partial charge in [-0.15, -0.1) is 0 Å². The first kappa shape index (κ1) is 15.0. The minimum Gasteiger partial charge on any atom is -0.479 e. The first-order valence-corrected chi connectivity index (χ1v) is 6.82. The number of anilines is 2. The van der Waals surface area contributed by atoms with Crippen LogP contribution >= 0.6 is 0 Å². The van der Waals surface area contributed by atoms with E-state index in [2.05, 4.69) is 10.6 Å². The second-order valence-electron chi connectivity index (χ2n) is 5.04. The molecule has 2 N–H and O–H groups in total. The largest absolute Gasteiger partial charge is 0.479 e. The summed E-state index contributed by atoms with van der Waals surface area (Å²) < 4.78 is 31.5. The van der Waals surface area contributed by atoms with E-state index >= 15 is 0 Å². The molecular formula is C16H12F2N2O3. The van der Waals surface area contributed by atoms with Gasteiger partial charge in [-0.3, -0.25) is 9.59 Å². The number of ether oxygens (including phenoxy) is 1. The summed E-state index contributed by atoms with van der Waals surface area (Å²) >= 11 is 0. The predicted octanol–water partition coefficient (Wildman–Crippen LogP) is 2.94. The monoisotopic (exact) mass is 318 g/mol. The van der Waals surface area contributed by atoms with Crippen molar-refractivity contribution in [1.82, 2.24) is 0 Å². The Hall–Kier alpha value is -2.96. The summed E-state index contributed by atoms with van der Waals surface area (Å²) in [6.07, 6.45) is -0.592. The number of carbonyl (C=O) groups excluding carboxylic acids is 2. The van der Waals surface area contributed by atoms with Crippen molar-refractivity contribution in [2.45, 2.75) is 13.0 Å². The molecule has 0 unspecified atom stereocenters. The van der Waals surface area contributed by atoms with E-state index in [0.717, 1.165) is 12.1 Å². The van der Waals surface area contributed by atoms with E-state index in [1.54, 1.807) is 19.1 Å². The molecule has 7 heteroatoms. The van der Waals surface area contributed by atoms with E-state index in [1.807, 2.05) is 0 Å². The van der Waals surface area contributed by atoms with Crippen LogP contribution in [-0.4, -0.2) is 17.9 Å². The highest BCUT2D eigenvalue weighted by Gasteiger charge is 2.23. The van der Waals surface area contributed by atoms with Gasteiger partial charge in [-0.2, -0.15) is 0 Å². The summed E-state index contributed by atoms with van der Waals surface area (Å²) in [6.45, 7) is 1.62. The van der Waals surface area contributed by atoms with Gasteiger partial charge in [0.15, 0.2) is 17.7 Å². The van der Waals surface area contributed by atoms with E-state index in [9.17, 15) is 18.4 Å². The number of hydrogen-bond acceptors (Lipinski definition) is 3. The van der Waals surface area contributed by atoms with Crippen LogP contribution in [0.4, 0.5) is 20.2 Å². The maximum Gasteiger partial charge on any atom is 0.265 e. The zero-order chi connectivity index (χ0) is 16.6. The summed E-state index contributed by atoms with van der Waals surface area (Å²) in [5.41, 5.74) is 0.795. The van der Waals surface area contributed by atoms with Crippen molar-refractivity contribution in [3.63, 3.8) is 0 Å². The predicted molar refractivity (Wildman–Crippen MR) is 79.5 cm³/mol. The molecule has 5 nitrogen and oxygen atoms in total. The van der Waals surface area contributed by atoms with Crippen LogP contribution in [-0.2, 0) is 4.79 Å². The molecule has 1 heterocycles. The number of amides is 2. The molecule has 2 amide bonds. The fourth-order valence-corrected chi connectivity index (χ4v) is 2.13. The molecule has 0 fully saturated rings. The molecule has 0 saturated carbocycles. The molecule has 3 rings (SSSR count). The van der Waals surface area contributed by atoms with E-state index in [4.69, 9.17) is 4.74 Å². The first-order valence-electron chi connectivity index (χ1n) is 6.82. The number of carbonyl (C=O) groups is 2. The highest BCUT2D eigenvalue weighted by molar-refractivity contribution is 6.05. The van der Waals surface area contributed by atoms with Gasteiger partial charge in [0.25, 0.3) is 11.8 Å². The average Bonchev–Trinajstić information content (AvgIpc) is 2.51. The number of benzene rings is 2. The van der Waals surface area contributed by atoms with Crippen molar-refractivity contribution in [3.05, 3.63) is 53.6 Å². The van der Waals surface area contributed by atoms with Gasteiger partial charge in [0.1, 0.15) is 5.75 Å². The van der Waals surface area contributed by atoms with Crippen molar-refractivity contribution in [3.8, 4) is 5.75 Å². The number of hydrogen-bond donors (Lipinski definition) is 2. The molecular weight excluding hydrogens is 306 g/mol. The summed E-state index contributed by atoms with van der Waals surface area (Å²) in [7, 11) is 0. The molecule has 1 aliphatic rings. The maximum atomic E-state index is 13.2. The van der Waals surface area contributed by atoms with Crippen LogP contribution in [0.5, 0.6) is 5.75 Å². The molecule has 0 bridgehead atoms. The van der Waals surface area contributed by atoms with Crippen LogP contribution in [0, 0.1) is 11.6 Å². The standard InChI is InChI=1S/C16H12F2N2O3/c1-8-15(21)20-13-7-10(3-5-14(13)23-8)19-16(22)9-2-4-11(17)12(18)6-9/h2-8H,1H3,(H,19,22)(H,20,21)/t8-/m0/s1. The van der Waals surface area contributed by atoms with Crippen LogP contribution in [0.3, 0.4) is 0 Å². The second-order valence-corrected chi connectivity index (χ2v) is 5.04. The number of fused-ring (bicyclic) bond motifs is 1. The Balaban J connectivity index is 1.80. The van der Waals surface area contributed by atoms with E-state index in [1.165, 1.54) is 12.1 Å². The second kappa shape index (κ2) is 5.68. The summed E-state index contributed by atoms with van der Waals surface area (Å²) in [6, 6.07) is 7.59. The summed E-state index contributed by atoms with van der Waals surface area (Å²) in [5.74, 6) is -2.52. The Morgan fingerprint density at radius 2 is 1.96 bits per heavy atom. The smallest absolute Gasteiger partial charge is 0.265 e. The molecule has 0 aromatic heterocycles. The van der Waals surface area contributed by atoms with Gasteiger partial charge in [0, 0.05) is 11.3 Å². The van der Waals surface area contributed by atoms with Gasteiger partial charge in [0.2, 0.25) is 0 Å². The van der Waals surface area contributed by atoms with Gasteiger partial charge in [-0.25, -0.2) is 8.78 Å². The lowest BCUT2D eigenvalue weighted by Crippen LogP contribution is -2.34. The fourth-order valence-electron chi connectivity index (χ4n) is 2.13. The minimum absolute atomic E-state index is 0.0180. The molecule has 23 heavy (non-hydrogen) atoms. The molecule has 1 aliphatic heterocycles. The highest BCUT2D eigenvalue weighted by Crippen LogP contribution is 2.32. The van der Waals surface area contributed by atoms with E-state index in [-0.39, 0.29) is 11.5 Å². The lowest BCUT2D eigenvalue weighted by molar-refractivity contribution is -0.122.